The number of carbonyl (C=O) groups is 1. The summed E-state index contributed by atoms with van der Waals surface area (Å²) in [6.07, 6.45) is 4.33. The van der Waals surface area contributed by atoms with Gasteiger partial charge in [-0.05, 0) is 37.1 Å². The summed E-state index contributed by atoms with van der Waals surface area (Å²) in [7, 11) is 0. The lowest BCUT2D eigenvalue weighted by Gasteiger charge is -2.12. The van der Waals surface area contributed by atoms with Crippen LogP contribution in [0.1, 0.15) is 36.3 Å². The van der Waals surface area contributed by atoms with Crippen LogP contribution in [-0.2, 0) is 6.54 Å². The van der Waals surface area contributed by atoms with Gasteiger partial charge in [-0.3, -0.25) is 9.78 Å². The molecule has 3 N–H and O–H groups in total. The van der Waals surface area contributed by atoms with Crippen LogP contribution in [0.25, 0.3) is 0 Å². The predicted octanol–water partition coefficient (Wildman–Crippen LogP) is 2.36. The fourth-order valence-corrected chi connectivity index (χ4v) is 1.79. The third kappa shape index (κ3) is 4.44. The topological polar surface area (TPSA) is 90.1 Å². The minimum atomic E-state index is -0.545. The van der Waals surface area contributed by atoms with E-state index >= 15 is 0 Å². The number of rotatable bonds is 7. The normalized spacial score (nSPS) is 11.7. The standard InChI is InChI=1S/C16H20N4O2/c1-3-11(2)22-15-8-12(4-6-19-15)10-20-13-5-7-18-14(9-13)16(17)21/h4-9,11H,3,10H2,1-2H3,(H2,17,21)(H,18,20)/t11-/m1/s1. The fourth-order valence-electron chi connectivity index (χ4n) is 1.79. The molecule has 0 aliphatic carbocycles. The van der Waals surface area contributed by atoms with Gasteiger partial charge in [-0.25, -0.2) is 4.98 Å². The van der Waals surface area contributed by atoms with Gasteiger partial charge in [-0.2, -0.15) is 0 Å². The number of hydrogen-bond acceptors (Lipinski definition) is 5. The first-order valence-corrected chi connectivity index (χ1v) is 7.19. The van der Waals surface area contributed by atoms with Gasteiger partial charge < -0.3 is 15.8 Å². The van der Waals surface area contributed by atoms with Crippen molar-refractivity contribution in [2.24, 2.45) is 5.73 Å². The lowest BCUT2D eigenvalue weighted by molar-refractivity contribution is 0.0995. The fraction of sp³-hybridized carbons (Fsp3) is 0.312. The average Bonchev–Trinajstić information content (AvgIpc) is 2.53. The van der Waals surface area contributed by atoms with Crippen molar-refractivity contribution in [1.82, 2.24) is 9.97 Å². The highest BCUT2D eigenvalue weighted by molar-refractivity contribution is 5.91. The van der Waals surface area contributed by atoms with Gasteiger partial charge in [0.15, 0.2) is 0 Å². The summed E-state index contributed by atoms with van der Waals surface area (Å²) in [6, 6.07) is 7.21. The number of nitrogens with two attached hydrogens (primary N) is 1. The number of amides is 1. The summed E-state index contributed by atoms with van der Waals surface area (Å²) in [5.41, 5.74) is 7.27. The van der Waals surface area contributed by atoms with Crippen LogP contribution in [0, 0.1) is 0 Å². The Morgan fingerprint density at radius 3 is 2.82 bits per heavy atom. The van der Waals surface area contributed by atoms with Gasteiger partial charge in [0, 0.05) is 30.7 Å². The van der Waals surface area contributed by atoms with Crippen LogP contribution in [0.3, 0.4) is 0 Å². The largest absolute Gasteiger partial charge is 0.475 e. The summed E-state index contributed by atoms with van der Waals surface area (Å²) < 4.78 is 5.70. The first-order chi connectivity index (χ1) is 10.6. The van der Waals surface area contributed by atoms with Gasteiger partial charge in [0.25, 0.3) is 5.91 Å². The van der Waals surface area contributed by atoms with E-state index < -0.39 is 5.91 Å². The van der Waals surface area contributed by atoms with Crippen molar-refractivity contribution >= 4 is 11.6 Å². The van der Waals surface area contributed by atoms with Crippen molar-refractivity contribution in [3.05, 3.63) is 47.9 Å². The second-order valence-corrected chi connectivity index (χ2v) is 4.99. The Morgan fingerprint density at radius 2 is 2.09 bits per heavy atom. The summed E-state index contributed by atoms with van der Waals surface area (Å²) in [5, 5.41) is 3.22. The molecule has 0 saturated carbocycles. The highest BCUT2D eigenvalue weighted by Crippen LogP contribution is 2.14. The smallest absolute Gasteiger partial charge is 0.267 e. The van der Waals surface area contributed by atoms with E-state index in [4.69, 9.17) is 10.5 Å². The van der Waals surface area contributed by atoms with Crippen LogP contribution in [0.2, 0.25) is 0 Å². The molecule has 0 aromatic carbocycles. The van der Waals surface area contributed by atoms with Crippen LogP contribution in [0.15, 0.2) is 36.7 Å². The molecular formula is C16H20N4O2. The average molecular weight is 300 g/mol. The van der Waals surface area contributed by atoms with E-state index in [1.165, 1.54) is 0 Å². The molecule has 0 saturated heterocycles. The quantitative estimate of drug-likeness (QED) is 0.819. The van der Waals surface area contributed by atoms with Gasteiger partial charge >= 0.3 is 0 Å². The minimum Gasteiger partial charge on any atom is -0.475 e. The molecule has 0 spiro atoms. The maximum Gasteiger partial charge on any atom is 0.267 e. The van der Waals surface area contributed by atoms with Gasteiger partial charge in [0.05, 0.1) is 6.10 Å². The lowest BCUT2D eigenvalue weighted by atomic mass is 10.2. The van der Waals surface area contributed by atoms with Crippen molar-refractivity contribution in [2.75, 3.05) is 5.32 Å². The first kappa shape index (κ1) is 15.8. The zero-order valence-electron chi connectivity index (χ0n) is 12.7. The number of carbonyl (C=O) groups excluding carboxylic acids is 1. The van der Waals surface area contributed by atoms with Crippen LogP contribution < -0.4 is 15.8 Å². The van der Waals surface area contributed by atoms with Gasteiger partial charge in [0.2, 0.25) is 5.88 Å². The summed E-state index contributed by atoms with van der Waals surface area (Å²) in [5.74, 6) is 0.0676. The third-order valence-electron chi connectivity index (χ3n) is 3.21. The Labute approximate surface area is 129 Å². The van der Waals surface area contributed by atoms with Crippen molar-refractivity contribution in [3.8, 4) is 5.88 Å². The number of nitrogens with zero attached hydrogens (tertiary/aromatic N) is 2. The SMILES string of the molecule is CC[C@@H](C)Oc1cc(CNc2ccnc(C(N)=O)c2)ccn1. The summed E-state index contributed by atoms with van der Waals surface area (Å²) in [6.45, 7) is 4.66. The van der Waals surface area contributed by atoms with E-state index in [2.05, 4.69) is 22.2 Å². The Hall–Kier alpha value is -2.63. The molecular weight excluding hydrogens is 280 g/mol. The van der Waals surface area contributed by atoms with Crippen LogP contribution in [0.4, 0.5) is 5.69 Å². The Bertz CT molecular complexity index is 646. The van der Waals surface area contributed by atoms with Crippen molar-refractivity contribution < 1.29 is 9.53 Å². The molecule has 0 aliphatic rings. The molecule has 1 atom stereocenters. The van der Waals surface area contributed by atoms with E-state index in [0.717, 1.165) is 17.7 Å². The molecule has 2 rings (SSSR count). The molecule has 0 fully saturated rings. The molecule has 0 bridgehead atoms. The number of pyridine rings is 2. The Balaban J connectivity index is 2.01. The molecule has 22 heavy (non-hydrogen) atoms. The van der Waals surface area contributed by atoms with E-state index in [0.29, 0.717) is 12.4 Å². The minimum absolute atomic E-state index is 0.133. The molecule has 116 valence electrons. The van der Waals surface area contributed by atoms with Crippen LogP contribution in [0.5, 0.6) is 5.88 Å². The highest BCUT2D eigenvalue weighted by atomic mass is 16.5. The number of primary amides is 1. The van der Waals surface area contributed by atoms with Gasteiger partial charge in [-0.1, -0.05) is 6.92 Å². The lowest BCUT2D eigenvalue weighted by Crippen LogP contribution is -2.13. The third-order valence-corrected chi connectivity index (χ3v) is 3.21. The Morgan fingerprint density at radius 1 is 1.32 bits per heavy atom. The molecule has 2 heterocycles. The van der Waals surface area contributed by atoms with Crippen LogP contribution in [-0.4, -0.2) is 22.0 Å². The predicted molar refractivity (Wildman–Crippen MR) is 84.7 cm³/mol. The van der Waals surface area contributed by atoms with Crippen LogP contribution >= 0.6 is 0 Å². The number of hydrogen-bond donors (Lipinski definition) is 2. The maximum atomic E-state index is 11.1. The second kappa shape index (κ2) is 7.40. The molecule has 2 aromatic heterocycles. The zero-order valence-corrected chi connectivity index (χ0v) is 12.7. The van der Waals surface area contributed by atoms with E-state index in [-0.39, 0.29) is 11.8 Å². The molecule has 1 amide bonds. The van der Waals surface area contributed by atoms with Crippen molar-refractivity contribution in [2.45, 2.75) is 32.9 Å². The van der Waals surface area contributed by atoms with Gasteiger partial charge in [-0.15, -0.1) is 0 Å². The molecule has 6 nitrogen and oxygen atoms in total. The van der Waals surface area contributed by atoms with E-state index in [1.807, 2.05) is 19.1 Å². The molecule has 2 aromatic rings. The van der Waals surface area contributed by atoms with E-state index in [9.17, 15) is 4.79 Å². The monoisotopic (exact) mass is 300 g/mol. The first-order valence-electron chi connectivity index (χ1n) is 7.19. The van der Waals surface area contributed by atoms with E-state index in [1.54, 1.807) is 24.5 Å². The number of nitrogens with one attached hydrogen (secondary N) is 1. The molecule has 0 unspecified atom stereocenters. The number of aromatic nitrogens is 2. The second-order valence-electron chi connectivity index (χ2n) is 4.99. The molecule has 6 heteroatoms. The summed E-state index contributed by atoms with van der Waals surface area (Å²) in [4.78, 5) is 19.2. The number of anilines is 1. The maximum absolute atomic E-state index is 11.1. The van der Waals surface area contributed by atoms with Gasteiger partial charge in [0.1, 0.15) is 5.69 Å². The molecule has 0 aliphatic heterocycles. The Kier molecular flexibility index (Phi) is 5.30. The van der Waals surface area contributed by atoms with Crippen molar-refractivity contribution in [1.29, 1.82) is 0 Å². The summed E-state index contributed by atoms with van der Waals surface area (Å²) >= 11 is 0. The zero-order chi connectivity index (χ0) is 15.9. The highest BCUT2D eigenvalue weighted by Gasteiger charge is 2.05. The number of ether oxygens (including phenoxy) is 1. The van der Waals surface area contributed by atoms with Crippen molar-refractivity contribution in [3.63, 3.8) is 0 Å². The molecule has 0 radical (unpaired) electrons.